The summed E-state index contributed by atoms with van der Waals surface area (Å²) < 4.78 is 5.52. The Bertz CT molecular complexity index is 1190. The van der Waals surface area contributed by atoms with Crippen molar-refractivity contribution in [1.29, 1.82) is 0 Å². The largest absolute Gasteiger partial charge is 0.480 e. The molecule has 3 amide bonds. The lowest BCUT2D eigenvalue weighted by molar-refractivity contribution is -0.138. The molecule has 0 aliphatic heterocycles. The fourth-order valence-electron chi connectivity index (χ4n) is 2.97. The van der Waals surface area contributed by atoms with Crippen LogP contribution in [-0.4, -0.2) is 59.0 Å². The third-order valence-corrected chi connectivity index (χ3v) is 4.76. The van der Waals surface area contributed by atoms with Gasteiger partial charge in [-0.1, -0.05) is 24.3 Å². The Morgan fingerprint density at radius 2 is 1.81 bits per heavy atom. The number of amides is 3. The predicted octanol–water partition coefficient (Wildman–Crippen LogP) is 0.296. The zero-order valence-electron chi connectivity index (χ0n) is 19.4. The van der Waals surface area contributed by atoms with Crippen molar-refractivity contribution in [2.45, 2.75) is 25.4 Å². The molecule has 0 bridgehead atoms. The number of nitrogens with one attached hydrogen (secondary N) is 3. The number of ether oxygens (including phenoxy) is 1. The van der Waals surface area contributed by atoms with Crippen LogP contribution in [-0.2, 0) is 30.5 Å². The number of aromatic nitrogens is 1. The van der Waals surface area contributed by atoms with Crippen molar-refractivity contribution in [3.63, 3.8) is 0 Å². The van der Waals surface area contributed by atoms with Gasteiger partial charge in [-0.2, -0.15) is 0 Å². The first kappa shape index (κ1) is 27.5. The molecule has 1 heterocycles. The average molecular weight is 498 g/mol. The van der Waals surface area contributed by atoms with Crippen LogP contribution in [0.3, 0.4) is 0 Å². The van der Waals surface area contributed by atoms with Crippen LogP contribution in [0.1, 0.15) is 23.2 Å². The molecule has 0 aliphatic carbocycles. The number of allylic oxidation sites excluding steroid dienone is 1. The normalized spacial score (nSPS) is 11.4. The Morgan fingerprint density at radius 1 is 1.08 bits per heavy atom. The fraction of sp³-hybridized carbons (Fsp3) is 0.250. The van der Waals surface area contributed by atoms with Crippen LogP contribution in [0.5, 0.6) is 0 Å². The first-order valence-corrected chi connectivity index (χ1v) is 10.8. The Kier molecular flexibility index (Phi) is 10.6. The van der Waals surface area contributed by atoms with Crippen LogP contribution in [0.2, 0.25) is 0 Å². The molecule has 2 aromatic rings. The van der Waals surface area contributed by atoms with Gasteiger partial charge in [0.05, 0.1) is 7.11 Å². The van der Waals surface area contributed by atoms with Gasteiger partial charge in [-0.3, -0.25) is 24.0 Å². The quantitative estimate of drug-likeness (QED) is 0.239. The summed E-state index contributed by atoms with van der Waals surface area (Å²) in [7, 11) is 1.23. The van der Waals surface area contributed by atoms with Crippen molar-refractivity contribution in [3.8, 4) is 0 Å². The van der Waals surface area contributed by atoms with Gasteiger partial charge < -0.3 is 30.4 Å². The highest BCUT2D eigenvalue weighted by Gasteiger charge is 2.22. The van der Waals surface area contributed by atoms with E-state index in [1.54, 1.807) is 30.3 Å². The van der Waals surface area contributed by atoms with Crippen molar-refractivity contribution in [1.82, 2.24) is 15.2 Å². The molecule has 12 nitrogen and oxygen atoms in total. The van der Waals surface area contributed by atoms with E-state index in [2.05, 4.69) is 20.7 Å². The minimum absolute atomic E-state index is 0.108. The number of carboxylic acids is 1. The zero-order valence-corrected chi connectivity index (χ0v) is 19.4. The Labute approximate surface area is 205 Å². The molecule has 190 valence electrons. The van der Waals surface area contributed by atoms with E-state index in [4.69, 9.17) is 5.11 Å². The molecule has 2 rings (SSSR count). The molecule has 1 aromatic heterocycles. The number of rotatable bonds is 12. The standard InChI is InChI=1S/C24H26N4O8/c1-36-21(32)12-6-5-10-17(26-22(33)16-8-3-2-4-9-16)23(34)27-18-11-7-13-28(24(18)35)15-19(29)25-14-20(30)31/h2-4,6-9,11-13,17H,5,10,14-15H2,1H3,(H,25,29)(H,26,33)(H,27,34)(H,30,31)/b12-6+. The SMILES string of the molecule is COC(=O)/C=C/CCC(NC(=O)c1ccccc1)C(=O)Nc1cccn(CC(=O)NCC(=O)O)c1=O. The maximum Gasteiger partial charge on any atom is 0.330 e. The van der Waals surface area contributed by atoms with Gasteiger partial charge in [0.1, 0.15) is 24.8 Å². The number of carbonyl (C=O) groups excluding carboxylic acids is 4. The molecule has 0 radical (unpaired) electrons. The maximum atomic E-state index is 13.0. The van der Waals surface area contributed by atoms with Gasteiger partial charge in [0.15, 0.2) is 0 Å². The van der Waals surface area contributed by atoms with E-state index >= 15 is 0 Å². The van der Waals surface area contributed by atoms with Crippen LogP contribution < -0.4 is 21.5 Å². The van der Waals surface area contributed by atoms with Crippen LogP contribution in [0.15, 0.2) is 65.6 Å². The number of esters is 1. The molecule has 0 spiro atoms. The van der Waals surface area contributed by atoms with Crippen molar-refractivity contribution in [2.75, 3.05) is 19.0 Å². The lowest BCUT2D eigenvalue weighted by atomic mass is 10.1. The third-order valence-electron chi connectivity index (χ3n) is 4.76. The van der Waals surface area contributed by atoms with E-state index in [1.165, 1.54) is 37.6 Å². The molecular weight excluding hydrogens is 472 g/mol. The highest BCUT2D eigenvalue weighted by atomic mass is 16.5. The van der Waals surface area contributed by atoms with Crippen LogP contribution in [0, 0.1) is 0 Å². The number of methoxy groups -OCH3 is 1. The van der Waals surface area contributed by atoms with Crippen molar-refractivity contribution < 1.29 is 33.8 Å². The zero-order chi connectivity index (χ0) is 26.5. The molecule has 1 aromatic carbocycles. The van der Waals surface area contributed by atoms with E-state index in [1.807, 2.05) is 0 Å². The Balaban J connectivity index is 2.16. The van der Waals surface area contributed by atoms with Gasteiger partial charge in [0, 0.05) is 17.8 Å². The summed E-state index contributed by atoms with van der Waals surface area (Å²) >= 11 is 0. The number of pyridine rings is 1. The van der Waals surface area contributed by atoms with Gasteiger partial charge in [0.25, 0.3) is 11.5 Å². The summed E-state index contributed by atoms with van der Waals surface area (Å²) in [5, 5.41) is 15.9. The van der Waals surface area contributed by atoms with Gasteiger partial charge in [-0.25, -0.2) is 4.79 Å². The second-order valence-corrected chi connectivity index (χ2v) is 7.41. The van der Waals surface area contributed by atoms with E-state index in [0.717, 1.165) is 4.57 Å². The summed E-state index contributed by atoms with van der Waals surface area (Å²) in [5.41, 5.74) is -0.512. The summed E-state index contributed by atoms with van der Waals surface area (Å²) in [6.45, 7) is -1.06. The minimum atomic E-state index is -1.23. The molecule has 1 unspecified atom stereocenters. The summed E-state index contributed by atoms with van der Waals surface area (Å²) in [4.78, 5) is 72.0. The third kappa shape index (κ3) is 8.89. The minimum Gasteiger partial charge on any atom is -0.480 e. The molecule has 1 atom stereocenters. The molecule has 0 fully saturated rings. The summed E-state index contributed by atoms with van der Waals surface area (Å²) in [6, 6.07) is 9.92. The van der Waals surface area contributed by atoms with E-state index in [0.29, 0.717) is 5.56 Å². The Hall–Kier alpha value is -4.74. The van der Waals surface area contributed by atoms with Crippen molar-refractivity contribution >= 4 is 35.3 Å². The number of benzene rings is 1. The second-order valence-electron chi connectivity index (χ2n) is 7.41. The lowest BCUT2D eigenvalue weighted by Crippen LogP contribution is -2.44. The van der Waals surface area contributed by atoms with Crippen molar-refractivity contribution in [2.24, 2.45) is 0 Å². The van der Waals surface area contributed by atoms with Crippen LogP contribution >= 0.6 is 0 Å². The first-order valence-electron chi connectivity index (χ1n) is 10.8. The number of aliphatic carboxylic acids is 1. The molecule has 4 N–H and O–H groups in total. The monoisotopic (exact) mass is 498 g/mol. The maximum absolute atomic E-state index is 13.0. The van der Waals surface area contributed by atoms with Crippen LogP contribution in [0.25, 0.3) is 0 Å². The van der Waals surface area contributed by atoms with E-state index in [9.17, 15) is 28.8 Å². The number of carboxylic acid groups (broad SMARTS) is 1. The molecular formula is C24H26N4O8. The topological polar surface area (TPSA) is 173 Å². The molecule has 0 aliphatic rings. The smallest absolute Gasteiger partial charge is 0.330 e. The predicted molar refractivity (Wildman–Crippen MR) is 128 cm³/mol. The molecule has 0 saturated carbocycles. The molecule has 36 heavy (non-hydrogen) atoms. The second kappa shape index (κ2) is 13.8. The summed E-state index contributed by atoms with van der Waals surface area (Å²) in [5.74, 6) is -3.69. The van der Waals surface area contributed by atoms with Gasteiger partial charge in [-0.05, 0) is 37.1 Å². The number of anilines is 1. The molecule has 12 heteroatoms. The number of hydrogen-bond acceptors (Lipinski definition) is 7. The molecule has 0 saturated heterocycles. The summed E-state index contributed by atoms with van der Waals surface area (Å²) in [6.07, 6.45) is 4.34. The number of hydrogen-bond donors (Lipinski definition) is 4. The highest BCUT2D eigenvalue weighted by molar-refractivity contribution is 6.01. The number of carbonyl (C=O) groups is 5. The van der Waals surface area contributed by atoms with E-state index in [-0.39, 0.29) is 18.5 Å². The van der Waals surface area contributed by atoms with Gasteiger partial charge in [-0.15, -0.1) is 0 Å². The average Bonchev–Trinajstić information content (AvgIpc) is 2.87. The van der Waals surface area contributed by atoms with Crippen LogP contribution in [0.4, 0.5) is 5.69 Å². The Morgan fingerprint density at radius 3 is 2.47 bits per heavy atom. The number of nitrogens with zero attached hydrogens (tertiary/aromatic N) is 1. The van der Waals surface area contributed by atoms with Gasteiger partial charge in [0.2, 0.25) is 11.8 Å². The lowest BCUT2D eigenvalue weighted by Gasteiger charge is -2.18. The fourth-order valence-corrected chi connectivity index (χ4v) is 2.97. The highest BCUT2D eigenvalue weighted by Crippen LogP contribution is 2.07. The van der Waals surface area contributed by atoms with Gasteiger partial charge >= 0.3 is 11.9 Å². The van der Waals surface area contributed by atoms with Crippen molar-refractivity contribution in [3.05, 3.63) is 76.7 Å². The van der Waals surface area contributed by atoms with E-state index < -0.39 is 54.4 Å². The first-order chi connectivity index (χ1) is 17.2.